The van der Waals surface area contributed by atoms with Gasteiger partial charge >= 0.3 is 12.1 Å². The lowest BCUT2D eigenvalue weighted by Gasteiger charge is -2.18. The van der Waals surface area contributed by atoms with Gasteiger partial charge in [-0.1, -0.05) is 12.1 Å². The topological polar surface area (TPSA) is 62.7 Å². The Morgan fingerprint density at radius 2 is 2.12 bits per heavy atom. The lowest BCUT2D eigenvalue weighted by atomic mass is 9.96. The summed E-state index contributed by atoms with van der Waals surface area (Å²) in [4.78, 5) is 17.1. The van der Waals surface area contributed by atoms with Crippen molar-refractivity contribution in [2.45, 2.75) is 12.7 Å². The molecule has 1 N–H and O–H groups in total. The van der Waals surface area contributed by atoms with E-state index < -0.39 is 24.0 Å². The number of alkyl halides is 3. The first kappa shape index (κ1) is 18.7. The van der Waals surface area contributed by atoms with Gasteiger partial charge in [-0.25, -0.2) is 4.98 Å². The van der Waals surface area contributed by atoms with Crippen molar-refractivity contribution < 1.29 is 27.8 Å². The molecule has 0 aliphatic carbocycles. The molecule has 0 saturated carbocycles. The highest BCUT2D eigenvalue weighted by Crippen LogP contribution is 2.38. The van der Waals surface area contributed by atoms with Gasteiger partial charge in [-0.05, 0) is 12.1 Å². The van der Waals surface area contributed by atoms with Crippen LogP contribution in [-0.4, -0.2) is 47.3 Å². The average Bonchev–Trinajstić information content (AvgIpc) is 3.22. The zero-order valence-electron chi connectivity index (χ0n) is 13.9. The van der Waals surface area contributed by atoms with Crippen molar-refractivity contribution in [3.8, 4) is 16.3 Å². The maximum absolute atomic E-state index is 13.1. The summed E-state index contributed by atoms with van der Waals surface area (Å²) < 4.78 is 44.5. The largest absolute Gasteiger partial charge is 0.496 e. The predicted octanol–water partition coefficient (Wildman–Crippen LogP) is 3.51. The fourth-order valence-electron chi connectivity index (χ4n) is 3.15. The van der Waals surface area contributed by atoms with Gasteiger partial charge in [0.15, 0.2) is 0 Å². The molecule has 2 atom stereocenters. The van der Waals surface area contributed by atoms with Crippen molar-refractivity contribution in [2.75, 3.05) is 20.2 Å². The Kier molecular flexibility index (Phi) is 5.19. The number of carboxylic acid groups (broad SMARTS) is 1. The lowest BCUT2D eigenvalue weighted by molar-refractivity contribution is -0.188. The standard InChI is InChI=1S/C17H17F3N2O3S/c1-25-14-5-3-2-4-11(14)15-21-10(9-26-15)6-22-7-12(16(23)24)13(8-22)17(18,19)20/h2-5,9,12-13H,6-8H2,1H3,(H,23,24)/t12-,13-/m1/s1. The Hall–Kier alpha value is -2.13. The predicted molar refractivity (Wildman–Crippen MR) is 90.0 cm³/mol. The number of aliphatic carboxylic acids is 1. The fourth-order valence-corrected chi connectivity index (χ4v) is 3.99. The molecular weight excluding hydrogens is 369 g/mol. The Morgan fingerprint density at radius 3 is 2.73 bits per heavy atom. The van der Waals surface area contributed by atoms with Gasteiger partial charge in [-0.15, -0.1) is 11.3 Å². The zero-order valence-corrected chi connectivity index (χ0v) is 14.7. The highest BCUT2D eigenvalue weighted by molar-refractivity contribution is 7.13. The SMILES string of the molecule is COc1ccccc1-c1nc(CN2C[C@@H](C(F)(F)F)[C@H](C(=O)O)C2)cs1. The van der Waals surface area contributed by atoms with Crippen molar-refractivity contribution in [3.63, 3.8) is 0 Å². The molecule has 1 aliphatic heterocycles. The molecule has 0 bridgehead atoms. The van der Waals surface area contributed by atoms with Crippen LogP contribution in [0.5, 0.6) is 5.75 Å². The van der Waals surface area contributed by atoms with Gasteiger partial charge in [-0.2, -0.15) is 13.2 Å². The number of ether oxygens (including phenoxy) is 1. The minimum Gasteiger partial charge on any atom is -0.496 e. The minimum absolute atomic E-state index is 0.138. The van der Waals surface area contributed by atoms with Gasteiger partial charge in [0.2, 0.25) is 0 Å². The smallest absolute Gasteiger partial charge is 0.393 e. The van der Waals surface area contributed by atoms with E-state index in [-0.39, 0.29) is 19.6 Å². The number of carbonyl (C=O) groups is 1. The average molecular weight is 386 g/mol. The summed E-state index contributed by atoms with van der Waals surface area (Å²) >= 11 is 1.37. The van der Waals surface area contributed by atoms with E-state index in [1.165, 1.54) is 16.2 Å². The molecule has 1 aromatic heterocycles. The van der Waals surface area contributed by atoms with E-state index in [4.69, 9.17) is 9.84 Å². The molecule has 0 amide bonds. The first-order chi connectivity index (χ1) is 12.3. The molecule has 1 aromatic carbocycles. The number of benzene rings is 1. The number of nitrogens with zero attached hydrogens (tertiary/aromatic N) is 2. The van der Waals surface area contributed by atoms with Crippen molar-refractivity contribution in [1.29, 1.82) is 0 Å². The number of halogens is 3. The van der Waals surface area contributed by atoms with Gasteiger partial charge in [-0.3, -0.25) is 9.69 Å². The van der Waals surface area contributed by atoms with Crippen LogP contribution < -0.4 is 4.74 Å². The van der Waals surface area contributed by atoms with Crippen molar-refractivity contribution in [1.82, 2.24) is 9.88 Å². The molecule has 0 unspecified atom stereocenters. The van der Waals surface area contributed by atoms with E-state index in [1.54, 1.807) is 12.5 Å². The van der Waals surface area contributed by atoms with Crippen LogP contribution in [0.25, 0.3) is 10.6 Å². The third kappa shape index (κ3) is 3.83. The van der Waals surface area contributed by atoms with Crippen LogP contribution in [0.2, 0.25) is 0 Å². The molecule has 5 nitrogen and oxygen atoms in total. The molecule has 140 valence electrons. The van der Waals surface area contributed by atoms with Crippen LogP contribution in [0, 0.1) is 11.8 Å². The normalized spacial score (nSPS) is 21.1. The molecule has 1 saturated heterocycles. The molecule has 0 radical (unpaired) electrons. The van der Waals surface area contributed by atoms with Crippen LogP contribution in [0.1, 0.15) is 5.69 Å². The second-order valence-corrected chi connectivity index (χ2v) is 6.99. The highest BCUT2D eigenvalue weighted by atomic mass is 32.1. The number of para-hydroxylation sites is 1. The molecule has 9 heteroatoms. The van der Waals surface area contributed by atoms with E-state index in [9.17, 15) is 18.0 Å². The maximum Gasteiger partial charge on any atom is 0.393 e. The van der Waals surface area contributed by atoms with Crippen LogP contribution in [0.4, 0.5) is 13.2 Å². The zero-order chi connectivity index (χ0) is 18.9. The summed E-state index contributed by atoms with van der Waals surface area (Å²) in [7, 11) is 1.56. The molecule has 2 aromatic rings. The van der Waals surface area contributed by atoms with Crippen molar-refractivity contribution in [3.05, 3.63) is 35.3 Å². The van der Waals surface area contributed by atoms with Gasteiger partial charge in [0.1, 0.15) is 10.8 Å². The third-order valence-corrected chi connectivity index (χ3v) is 5.33. The Bertz CT molecular complexity index is 794. The fraction of sp³-hybridized carbons (Fsp3) is 0.412. The van der Waals surface area contributed by atoms with Gasteiger partial charge < -0.3 is 9.84 Å². The van der Waals surface area contributed by atoms with E-state index in [0.717, 1.165) is 5.56 Å². The van der Waals surface area contributed by atoms with Gasteiger partial charge in [0, 0.05) is 25.0 Å². The number of aromatic nitrogens is 1. The molecule has 3 rings (SSSR count). The molecule has 0 spiro atoms. The van der Waals surface area contributed by atoms with Crippen molar-refractivity contribution in [2.24, 2.45) is 11.8 Å². The minimum atomic E-state index is -4.53. The van der Waals surface area contributed by atoms with E-state index in [2.05, 4.69) is 4.98 Å². The quantitative estimate of drug-likeness (QED) is 0.852. The lowest BCUT2D eigenvalue weighted by Crippen LogP contribution is -2.33. The number of hydrogen-bond donors (Lipinski definition) is 1. The summed E-state index contributed by atoms with van der Waals surface area (Å²) in [6, 6.07) is 7.36. The Labute approximate surface area is 152 Å². The summed E-state index contributed by atoms with van der Waals surface area (Å²) in [5.74, 6) is -4.05. The monoisotopic (exact) mass is 386 g/mol. The van der Waals surface area contributed by atoms with Crippen molar-refractivity contribution >= 4 is 17.3 Å². The summed E-state index contributed by atoms with van der Waals surface area (Å²) in [5, 5.41) is 11.6. The Balaban J connectivity index is 1.75. The molecule has 26 heavy (non-hydrogen) atoms. The molecular formula is C17H17F3N2O3S. The summed E-state index contributed by atoms with van der Waals surface area (Å²) in [6.07, 6.45) is -4.53. The first-order valence-electron chi connectivity index (χ1n) is 7.89. The van der Waals surface area contributed by atoms with Crippen LogP contribution in [0.3, 0.4) is 0 Å². The van der Waals surface area contributed by atoms with E-state index in [1.807, 2.05) is 24.3 Å². The van der Waals surface area contributed by atoms with Gasteiger partial charge in [0.25, 0.3) is 0 Å². The number of thiazole rings is 1. The maximum atomic E-state index is 13.1. The second-order valence-electron chi connectivity index (χ2n) is 6.13. The number of likely N-dealkylation sites (tertiary alicyclic amines) is 1. The molecule has 1 aliphatic rings. The molecule has 2 heterocycles. The van der Waals surface area contributed by atoms with E-state index in [0.29, 0.717) is 16.5 Å². The Morgan fingerprint density at radius 1 is 1.38 bits per heavy atom. The van der Waals surface area contributed by atoms with Crippen LogP contribution in [-0.2, 0) is 11.3 Å². The number of carboxylic acids is 1. The summed E-state index contributed by atoms with van der Waals surface area (Å²) in [5.41, 5.74) is 1.42. The van der Waals surface area contributed by atoms with E-state index >= 15 is 0 Å². The third-order valence-electron chi connectivity index (χ3n) is 4.41. The molecule has 1 fully saturated rings. The first-order valence-corrected chi connectivity index (χ1v) is 8.77. The number of rotatable bonds is 5. The van der Waals surface area contributed by atoms with Crippen LogP contribution in [0.15, 0.2) is 29.6 Å². The second kappa shape index (κ2) is 7.24. The highest BCUT2D eigenvalue weighted by Gasteiger charge is 2.52. The summed E-state index contributed by atoms with van der Waals surface area (Å²) in [6.45, 7) is -0.287. The number of methoxy groups -OCH3 is 1. The number of hydrogen-bond acceptors (Lipinski definition) is 5. The van der Waals surface area contributed by atoms with Gasteiger partial charge in [0.05, 0.1) is 30.2 Å². The van der Waals surface area contributed by atoms with Crippen LogP contribution >= 0.6 is 11.3 Å².